The number of carbonyl (C=O) groups is 1. The number of carboxylic acids is 1. The van der Waals surface area contributed by atoms with E-state index in [1.54, 1.807) is 19.4 Å². The quantitative estimate of drug-likeness (QED) is 0.746. The first kappa shape index (κ1) is 15.5. The van der Waals surface area contributed by atoms with Crippen LogP contribution in [0.3, 0.4) is 0 Å². The Morgan fingerprint density at radius 3 is 2.95 bits per heavy atom. The van der Waals surface area contributed by atoms with Crippen molar-refractivity contribution in [1.82, 2.24) is 9.78 Å². The van der Waals surface area contributed by atoms with Crippen LogP contribution < -0.4 is 10.5 Å². The Morgan fingerprint density at radius 2 is 2.33 bits per heavy atom. The summed E-state index contributed by atoms with van der Waals surface area (Å²) in [5, 5.41) is 12.7. The molecule has 1 aliphatic rings. The van der Waals surface area contributed by atoms with Crippen LogP contribution in [0.25, 0.3) is 0 Å². The SMILES string of the molecule is COC1CCN(c2cnn(CCCCC(=O)O)c(=O)c2)C1. The third-order valence-electron chi connectivity index (χ3n) is 3.71. The lowest BCUT2D eigenvalue weighted by molar-refractivity contribution is -0.137. The highest BCUT2D eigenvalue weighted by Crippen LogP contribution is 2.19. The van der Waals surface area contributed by atoms with Crippen LogP contribution in [0.1, 0.15) is 25.7 Å². The molecule has 7 nitrogen and oxygen atoms in total. The summed E-state index contributed by atoms with van der Waals surface area (Å²) >= 11 is 0. The van der Waals surface area contributed by atoms with Gasteiger partial charge >= 0.3 is 5.97 Å². The first-order valence-electron chi connectivity index (χ1n) is 7.17. The maximum absolute atomic E-state index is 12.0. The summed E-state index contributed by atoms with van der Waals surface area (Å²) in [6.07, 6.45) is 4.16. The number of carboxylic acid groups (broad SMARTS) is 1. The van der Waals surface area contributed by atoms with Gasteiger partial charge in [0, 0.05) is 39.2 Å². The maximum Gasteiger partial charge on any atom is 0.303 e. The lowest BCUT2D eigenvalue weighted by Crippen LogP contribution is -2.27. The monoisotopic (exact) mass is 295 g/mol. The molecule has 0 saturated carbocycles. The fourth-order valence-corrected chi connectivity index (χ4v) is 2.46. The molecule has 0 bridgehead atoms. The van der Waals surface area contributed by atoms with Gasteiger partial charge in [-0.3, -0.25) is 9.59 Å². The molecule has 1 atom stereocenters. The van der Waals surface area contributed by atoms with Gasteiger partial charge in [-0.15, -0.1) is 0 Å². The van der Waals surface area contributed by atoms with Crippen LogP contribution in [0.4, 0.5) is 5.69 Å². The van der Waals surface area contributed by atoms with Crippen molar-refractivity contribution in [3.05, 3.63) is 22.6 Å². The number of hydrogen-bond acceptors (Lipinski definition) is 5. The first-order valence-corrected chi connectivity index (χ1v) is 7.17. The van der Waals surface area contributed by atoms with Crippen LogP contribution in [0.15, 0.2) is 17.1 Å². The predicted molar refractivity (Wildman–Crippen MR) is 77.6 cm³/mol. The number of hydrogen-bond donors (Lipinski definition) is 1. The van der Waals surface area contributed by atoms with Gasteiger partial charge in [0.2, 0.25) is 0 Å². The van der Waals surface area contributed by atoms with E-state index in [0.717, 1.165) is 25.2 Å². The summed E-state index contributed by atoms with van der Waals surface area (Å²) < 4.78 is 6.69. The van der Waals surface area contributed by atoms with Crippen molar-refractivity contribution in [2.75, 3.05) is 25.1 Å². The summed E-state index contributed by atoms with van der Waals surface area (Å²) in [5.74, 6) is -0.813. The van der Waals surface area contributed by atoms with Gasteiger partial charge in [0.25, 0.3) is 5.56 Å². The van der Waals surface area contributed by atoms with E-state index >= 15 is 0 Å². The topological polar surface area (TPSA) is 84.7 Å². The zero-order valence-corrected chi connectivity index (χ0v) is 12.2. The Balaban J connectivity index is 1.92. The van der Waals surface area contributed by atoms with Crippen LogP contribution in [0, 0.1) is 0 Å². The van der Waals surface area contributed by atoms with Gasteiger partial charge in [0.1, 0.15) is 0 Å². The summed E-state index contributed by atoms with van der Waals surface area (Å²) in [5.41, 5.74) is 0.671. The molecule has 0 amide bonds. The van der Waals surface area contributed by atoms with E-state index in [2.05, 4.69) is 10.00 Å². The number of aryl methyl sites for hydroxylation is 1. The fourth-order valence-electron chi connectivity index (χ4n) is 2.46. The highest BCUT2D eigenvalue weighted by Gasteiger charge is 2.22. The van der Waals surface area contributed by atoms with Gasteiger partial charge in [0.05, 0.1) is 18.0 Å². The van der Waals surface area contributed by atoms with Crippen LogP contribution in [0.5, 0.6) is 0 Å². The van der Waals surface area contributed by atoms with Gasteiger partial charge in [-0.25, -0.2) is 4.68 Å². The van der Waals surface area contributed by atoms with Crippen LogP contribution >= 0.6 is 0 Å². The molecule has 1 aromatic heterocycles. The molecule has 0 radical (unpaired) electrons. The second-order valence-electron chi connectivity index (χ2n) is 5.22. The number of aliphatic carboxylic acids is 1. The maximum atomic E-state index is 12.0. The Morgan fingerprint density at radius 1 is 1.52 bits per heavy atom. The van der Waals surface area contributed by atoms with Crippen molar-refractivity contribution in [3.8, 4) is 0 Å². The van der Waals surface area contributed by atoms with Crippen molar-refractivity contribution < 1.29 is 14.6 Å². The molecule has 2 rings (SSSR count). The minimum Gasteiger partial charge on any atom is -0.481 e. The van der Waals surface area contributed by atoms with E-state index < -0.39 is 5.97 Å². The number of methoxy groups -OCH3 is 1. The Bertz CT molecular complexity index is 543. The molecule has 1 fully saturated rings. The minimum atomic E-state index is -0.813. The second kappa shape index (κ2) is 7.21. The molecule has 7 heteroatoms. The molecule has 0 spiro atoms. The molecule has 0 aromatic carbocycles. The number of nitrogens with zero attached hydrogens (tertiary/aromatic N) is 3. The van der Waals surface area contributed by atoms with E-state index in [1.807, 2.05) is 0 Å². The molecule has 1 N–H and O–H groups in total. The predicted octanol–water partition coefficient (Wildman–Crippen LogP) is 0.723. The first-order chi connectivity index (χ1) is 10.1. The van der Waals surface area contributed by atoms with E-state index in [4.69, 9.17) is 9.84 Å². The van der Waals surface area contributed by atoms with Crippen molar-refractivity contribution in [3.63, 3.8) is 0 Å². The number of rotatable bonds is 7. The van der Waals surface area contributed by atoms with Gasteiger partial charge in [-0.1, -0.05) is 0 Å². The third kappa shape index (κ3) is 4.29. The fraction of sp³-hybridized carbons (Fsp3) is 0.643. The van der Waals surface area contributed by atoms with E-state index in [9.17, 15) is 9.59 Å². The Labute approximate surface area is 123 Å². The zero-order chi connectivity index (χ0) is 15.2. The largest absolute Gasteiger partial charge is 0.481 e. The summed E-state index contributed by atoms with van der Waals surface area (Å²) in [6, 6.07) is 1.59. The Kier molecular flexibility index (Phi) is 5.32. The van der Waals surface area contributed by atoms with Gasteiger partial charge in [0.15, 0.2) is 0 Å². The van der Waals surface area contributed by atoms with Crippen LogP contribution in [-0.4, -0.2) is 47.2 Å². The molecule has 2 heterocycles. The van der Waals surface area contributed by atoms with E-state index in [0.29, 0.717) is 19.4 Å². The lowest BCUT2D eigenvalue weighted by atomic mass is 10.2. The molecular formula is C14H21N3O4. The molecule has 1 saturated heterocycles. The van der Waals surface area contributed by atoms with Crippen LogP contribution in [0.2, 0.25) is 0 Å². The smallest absolute Gasteiger partial charge is 0.303 e. The second-order valence-corrected chi connectivity index (χ2v) is 5.22. The highest BCUT2D eigenvalue weighted by atomic mass is 16.5. The van der Waals surface area contributed by atoms with Crippen molar-refractivity contribution in [2.45, 2.75) is 38.3 Å². The summed E-state index contributed by atoms with van der Waals surface area (Å²) in [7, 11) is 1.70. The zero-order valence-electron chi connectivity index (χ0n) is 12.2. The minimum absolute atomic E-state index is 0.124. The number of aromatic nitrogens is 2. The molecule has 21 heavy (non-hydrogen) atoms. The molecule has 1 unspecified atom stereocenters. The molecule has 1 aromatic rings. The van der Waals surface area contributed by atoms with Crippen molar-refractivity contribution in [1.29, 1.82) is 0 Å². The van der Waals surface area contributed by atoms with Crippen molar-refractivity contribution in [2.24, 2.45) is 0 Å². The lowest BCUT2D eigenvalue weighted by Gasteiger charge is -2.18. The number of unbranched alkanes of at least 4 members (excludes halogenated alkanes) is 1. The van der Waals surface area contributed by atoms with Gasteiger partial charge < -0.3 is 14.7 Å². The third-order valence-corrected chi connectivity index (χ3v) is 3.71. The summed E-state index contributed by atoms with van der Waals surface area (Å²) in [4.78, 5) is 24.5. The number of anilines is 1. The molecular weight excluding hydrogens is 274 g/mol. The van der Waals surface area contributed by atoms with E-state index in [-0.39, 0.29) is 18.1 Å². The molecule has 0 aliphatic carbocycles. The molecule has 116 valence electrons. The van der Waals surface area contributed by atoms with Crippen molar-refractivity contribution >= 4 is 11.7 Å². The Hall–Kier alpha value is -1.89. The van der Waals surface area contributed by atoms with Gasteiger partial charge in [-0.05, 0) is 19.3 Å². The summed E-state index contributed by atoms with van der Waals surface area (Å²) in [6.45, 7) is 2.09. The average Bonchev–Trinajstić information content (AvgIpc) is 2.93. The standard InChI is InChI=1S/C14H21N3O4/c1-21-12-5-7-16(10-12)11-8-13(18)17(15-9-11)6-3-2-4-14(19)20/h8-9,12H,2-7,10H2,1H3,(H,19,20). The average molecular weight is 295 g/mol. The number of ether oxygens (including phenoxy) is 1. The van der Waals surface area contributed by atoms with Crippen LogP contribution in [-0.2, 0) is 16.1 Å². The normalized spacial score (nSPS) is 18.1. The highest BCUT2D eigenvalue weighted by molar-refractivity contribution is 5.66. The molecule has 1 aliphatic heterocycles. The van der Waals surface area contributed by atoms with E-state index in [1.165, 1.54) is 4.68 Å². The van der Waals surface area contributed by atoms with Gasteiger partial charge in [-0.2, -0.15) is 5.10 Å².